The number of furan rings is 1. The Morgan fingerprint density at radius 3 is 2.79 bits per heavy atom. The highest BCUT2D eigenvalue weighted by Gasteiger charge is 2.20. The number of benzene rings is 1. The lowest BCUT2D eigenvalue weighted by atomic mass is 10.0. The predicted molar refractivity (Wildman–Crippen MR) is 78.3 cm³/mol. The average Bonchev–Trinajstić information content (AvgIpc) is 2.85. The van der Waals surface area contributed by atoms with Crippen molar-refractivity contribution in [1.29, 1.82) is 0 Å². The van der Waals surface area contributed by atoms with Crippen LogP contribution < -0.4 is 5.32 Å². The van der Waals surface area contributed by atoms with E-state index in [-0.39, 0.29) is 0 Å². The number of nitrogens with one attached hydrogen (secondary N) is 1. The van der Waals surface area contributed by atoms with Gasteiger partial charge in [0.1, 0.15) is 5.58 Å². The van der Waals surface area contributed by atoms with Crippen LogP contribution in [0.3, 0.4) is 0 Å². The molecular formula is C16H22N2O. The third-order valence-corrected chi connectivity index (χ3v) is 4.18. The van der Waals surface area contributed by atoms with Gasteiger partial charge in [0.25, 0.3) is 0 Å². The van der Waals surface area contributed by atoms with Crippen molar-refractivity contribution in [3.05, 3.63) is 36.1 Å². The molecule has 3 nitrogen and oxygen atoms in total. The summed E-state index contributed by atoms with van der Waals surface area (Å²) in [5.74, 6) is 0. The van der Waals surface area contributed by atoms with Crippen LogP contribution in [0, 0.1) is 0 Å². The first kappa shape index (κ1) is 12.7. The molecule has 102 valence electrons. The fourth-order valence-electron chi connectivity index (χ4n) is 2.95. The maximum atomic E-state index is 5.63. The van der Waals surface area contributed by atoms with E-state index in [1.165, 1.54) is 36.9 Å². The number of hydrogen-bond acceptors (Lipinski definition) is 3. The van der Waals surface area contributed by atoms with Crippen LogP contribution in [-0.2, 0) is 0 Å². The number of nitrogens with zero attached hydrogens (tertiary/aromatic N) is 1. The predicted octanol–water partition coefficient (Wildman–Crippen LogP) is 3.18. The molecule has 3 heteroatoms. The SMILES string of the molecule is CC(NC1CCN(C)CC1)c1coc2ccccc12. The summed E-state index contributed by atoms with van der Waals surface area (Å²) in [6.45, 7) is 4.61. The Morgan fingerprint density at radius 2 is 2.00 bits per heavy atom. The molecule has 1 atom stereocenters. The molecule has 19 heavy (non-hydrogen) atoms. The van der Waals surface area contributed by atoms with E-state index in [0.717, 1.165) is 5.58 Å². The molecule has 2 aromatic rings. The van der Waals surface area contributed by atoms with Crippen LogP contribution >= 0.6 is 0 Å². The second kappa shape index (κ2) is 5.35. The standard InChI is InChI=1S/C16H22N2O/c1-12(17-13-7-9-18(2)10-8-13)15-11-19-16-6-4-3-5-14(15)16/h3-6,11-13,17H,7-10H2,1-2H3. The summed E-state index contributed by atoms with van der Waals surface area (Å²) < 4.78 is 5.63. The molecule has 0 saturated carbocycles. The van der Waals surface area contributed by atoms with Crippen LogP contribution in [0.15, 0.2) is 34.9 Å². The maximum absolute atomic E-state index is 5.63. The van der Waals surface area contributed by atoms with E-state index in [1.807, 2.05) is 18.4 Å². The molecule has 1 saturated heterocycles. The van der Waals surface area contributed by atoms with Crippen LogP contribution in [0.25, 0.3) is 11.0 Å². The minimum absolute atomic E-state index is 0.344. The van der Waals surface area contributed by atoms with Gasteiger partial charge < -0.3 is 14.6 Å². The highest BCUT2D eigenvalue weighted by molar-refractivity contribution is 5.81. The molecule has 0 bridgehead atoms. The van der Waals surface area contributed by atoms with Crippen LogP contribution in [-0.4, -0.2) is 31.1 Å². The van der Waals surface area contributed by atoms with Crippen LogP contribution in [0.1, 0.15) is 31.4 Å². The topological polar surface area (TPSA) is 28.4 Å². The largest absolute Gasteiger partial charge is 0.464 e. The van der Waals surface area contributed by atoms with Gasteiger partial charge in [-0.1, -0.05) is 18.2 Å². The summed E-state index contributed by atoms with van der Waals surface area (Å²) >= 11 is 0. The van der Waals surface area contributed by atoms with Gasteiger partial charge in [-0.15, -0.1) is 0 Å². The average molecular weight is 258 g/mol. The summed E-state index contributed by atoms with van der Waals surface area (Å²) in [4.78, 5) is 2.40. The Hall–Kier alpha value is -1.32. The molecule has 1 aliphatic rings. The fourth-order valence-corrected chi connectivity index (χ4v) is 2.95. The van der Waals surface area contributed by atoms with Gasteiger partial charge in [-0.05, 0) is 46.0 Å². The second-order valence-electron chi connectivity index (χ2n) is 5.65. The molecule has 1 aromatic carbocycles. The van der Waals surface area contributed by atoms with Crippen molar-refractivity contribution in [3.63, 3.8) is 0 Å². The van der Waals surface area contributed by atoms with Crippen molar-refractivity contribution in [2.24, 2.45) is 0 Å². The molecular weight excluding hydrogens is 236 g/mol. The first-order valence-corrected chi connectivity index (χ1v) is 7.15. The minimum atomic E-state index is 0.344. The third-order valence-electron chi connectivity index (χ3n) is 4.18. The van der Waals surface area contributed by atoms with Crippen LogP contribution in [0.4, 0.5) is 0 Å². The van der Waals surface area contributed by atoms with Gasteiger partial charge in [-0.2, -0.15) is 0 Å². The normalized spacial score (nSPS) is 19.9. The van der Waals surface area contributed by atoms with Crippen molar-refractivity contribution >= 4 is 11.0 Å². The Bertz CT molecular complexity index is 540. The molecule has 3 rings (SSSR count). The number of rotatable bonds is 3. The van der Waals surface area contributed by atoms with Crippen LogP contribution in [0.2, 0.25) is 0 Å². The van der Waals surface area contributed by atoms with Crippen molar-refractivity contribution in [3.8, 4) is 0 Å². The molecule has 1 fully saturated rings. The van der Waals surface area contributed by atoms with E-state index < -0.39 is 0 Å². The second-order valence-corrected chi connectivity index (χ2v) is 5.65. The molecule has 0 aliphatic carbocycles. The Balaban J connectivity index is 1.71. The van der Waals surface area contributed by atoms with E-state index in [4.69, 9.17) is 4.42 Å². The maximum Gasteiger partial charge on any atom is 0.134 e. The summed E-state index contributed by atoms with van der Waals surface area (Å²) in [5.41, 5.74) is 2.25. The van der Waals surface area contributed by atoms with Crippen molar-refractivity contribution in [1.82, 2.24) is 10.2 Å². The highest BCUT2D eigenvalue weighted by atomic mass is 16.3. The first-order chi connectivity index (χ1) is 9.24. The highest BCUT2D eigenvalue weighted by Crippen LogP contribution is 2.27. The van der Waals surface area contributed by atoms with Gasteiger partial charge in [0.05, 0.1) is 6.26 Å². The Morgan fingerprint density at radius 1 is 1.26 bits per heavy atom. The fraction of sp³-hybridized carbons (Fsp3) is 0.500. The van der Waals surface area contributed by atoms with Gasteiger partial charge in [-0.3, -0.25) is 0 Å². The van der Waals surface area contributed by atoms with E-state index in [9.17, 15) is 0 Å². The zero-order chi connectivity index (χ0) is 13.2. The van der Waals surface area contributed by atoms with Gasteiger partial charge in [0, 0.05) is 23.0 Å². The van der Waals surface area contributed by atoms with Gasteiger partial charge >= 0.3 is 0 Å². The van der Waals surface area contributed by atoms with Crippen molar-refractivity contribution in [2.45, 2.75) is 31.8 Å². The van der Waals surface area contributed by atoms with Crippen molar-refractivity contribution < 1.29 is 4.42 Å². The van der Waals surface area contributed by atoms with E-state index in [2.05, 4.69) is 36.3 Å². The number of fused-ring (bicyclic) bond motifs is 1. The molecule has 0 amide bonds. The van der Waals surface area contributed by atoms with Gasteiger partial charge in [0.2, 0.25) is 0 Å². The molecule has 0 radical (unpaired) electrons. The summed E-state index contributed by atoms with van der Waals surface area (Å²) in [5, 5.41) is 4.98. The first-order valence-electron chi connectivity index (χ1n) is 7.15. The monoisotopic (exact) mass is 258 g/mol. The zero-order valence-corrected chi connectivity index (χ0v) is 11.7. The number of piperidine rings is 1. The van der Waals surface area contributed by atoms with Crippen LogP contribution in [0.5, 0.6) is 0 Å². The van der Waals surface area contributed by atoms with Gasteiger partial charge in [-0.25, -0.2) is 0 Å². The Kier molecular flexibility index (Phi) is 3.58. The molecule has 0 spiro atoms. The van der Waals surface area contributed by atoms with E-state index >= 15 is 0 Å². The summed E-state index contributed by atoms with van der Waals surface area (Å²) in [7, 11) is 2.20. The lowest BCUT2D eigenvalue weighted by Gasteiger charge is -2.31. The third kappa shape index (κ3) is 2.67. The summed E-state index contributed by atoms with van der Waals surface area (Å²) in [6, 6.07) is 9.23. The van der Waals surface area contributed by atoms with Crippen molar-refractivity contribution in [2.75, 3.05) is 20.1 Å². The molecule has 1 N–H and O–H groups in total. The number of likely N-dealkylation sites (tertiary alicyclic amines) is 1. The molecule has 1 unspecified atom stereocenters. The minimum Gasteiger partial charge on any atom is -0.464 e. The quantitative estimate of drug-likeness (QED) is 0.916. The molecule has 2 heterocycles. The van der Waals surface area contributed by atoms with Gasteiger partial charge in [0.15, 0.2) is 0 Å². The van der Waals surface area contributed by atoms with E-state index in [1.54, 1.807) is 0 Å². The zero-order valence-electron chi connectivity index (χ0n) is 11.7. The Labute approximate surface area is 114 Å². The summed E-state index contributed by atoms with van der Waals surface area (Å²) in [6.07, 6.45) is 4.37. The lowest BCUT2D eigenvalue weighted by molar-refractivity contribution is 0.226. The number of hydrogen-bond donors (Lipinski definition) is 1. The van der Waals surface area contributed by atoms with E-state index in [0.29, 0.717) is 12.1 Å². The number of para-hydroxylation sites is 1. The smallest absolute Gasteiger partial charge is 0.134 e. The molecule has 1 aliphatic heterocycles. The lowest BCUT2D eigenvalue weighted by Crippen LogP contribution is -2.41. The molecule has 1 aromatic heterocycles.